The van der Waals surface area contributed by atoms with Crippen molar-refractivity contribution in [1.82, 2.24) is 50.7 Å². The van der Waals surface area contributed by atoms with Gasteiger partial charge in [0.25, 0.3) is 11.8 Å². The van der Waals surface area contributed by atoms with E-state index < -0.39 is 11.5 Å². The summed E-state index contributed by atoms with van der Waals surface area (Å²) in [5.41, 5.74) is 3.25. The highest BCUT2D eigenvalue weighted by atomic mass is 16.2. The molecule has 1 aromatic carbocycles. The van der Waals surface area contributed by atoms with E-state index in [9.17, 15) is 14.4 Å². The molecule has 4 aromatic heterocycles. The van der Waals surface area contributed by atoms with Gasteiger partial charge in [-0.2, -0.15) is 5.21 Å². The zero-order valence-corrected chi connectivity index (χ0v) is 25.6. The zero-order valence-electron chi connectivity index (χ0n) is 25.6. The Morgan fingerprint density at radius 3 is 2.48 bits per heavy atom. The van der Waals surface area contributed by atoms with E-state index in [1.54, 1.807) is 24.5 Å². The number of tetrazole rings is 1. The first-order valence-electron chi connectivity index (χ1n) is 15.3. The van der Waals surface area contributed by atoms with Crippen LogP contribution in [0.4, 0.5) is 0 Å². The summed E-state index contributed by atoms with van der Waals surface area (Å²) >= 11 is 0. The molecule has 3 aliphatic rings. The molecule has 1 saturated carbocycles. The minimum atomic E-state index is -0.727. The van der Waals surface area contributed by atoms with Gasteiger partial charge < -0.3 is 20.1 Å². The first-order chi connectivity index (χ1) is 22.1. The van der Waals surface area contributed by atoms with Crippen molar-refractivity contribution in [3.8, 4) is 22.6 Å². The highest BCUT2D eigenvalue weighted by molar-refractivity contribution is 6.00. The van der Waals surface area contributed by atoms with Gasteiger partial charge in [-0.05, 0) is 53.4 Å². The van der Waals surface area contributed by atoms with Gasteiger partial charge >= 0.3 is 0 Å². The number of hydrogen-bond donors (Lipinski definition) is 3. The molecule has 46 heavy (non-hydrogen) atoms. The second-order valence-electron chi connectivity index (χ2n) is 13.5. The van der Waals surface area contributed by atoms with Crippen LogP contribution in [-0.4, -0.2) is 94.3 Å². The number of piperidine rings is 1. The number of likely N-dealkylation sites (tertiary alicyclic amines) is 2. The number of nitrogens with one attached hydrogen (secondary N) is 3. The Hall–Kier alpha value is -5.46. The number of H-pyrrole nitrogens is 2. The third-order valence-corrected chi connectivity index (χ3v) is 9.68. The number of carbonyl (C=O) groups excluding carboxylic acids is 3. The molecule has 4 atom stereocenters. The zero-order chi connectivity index (χ0) is 31.8. The molecule has 13 nitrogen and oxygen atoms in total. The SMILES string of the molecule is CC(C)(C)[C@H](NC(=O)c1cc2ccccc2[nH]1)C(=O)N1C[C@H]2N(C(=O)c3ccc(-c4ccc(-c5nn[nH]n5)cn4)cn3)CC23C[C@H]13. The molecule has 5 aromatic rings. The fourth-order valence-electron chi connectivity index (χ4n) is 7.05. The van der Waals surface area contributed by atoms with Crippen LogP contribution >= 0.6 is 0 Å². The molecule has 8 rings (SSSR count). The van der Waals surface area contributed by atoms with Crippen molar-refractivity contribution < 1.29 is 14.4 Å². The average Bonchev–Trinajstić information content (AvgIpc) is 3.35. The number of nitrogens with zero attached hydrogens (tertiary/aromatic N) is 7. The van der Waals surface area contributed by atoms with Gasteiger partial charge in [0.05, 0.1) is 11.7 Å². The maximum atomic E-state index is 14.1. The van der Waals surface area contributed by atoms with Crippen molar-refractivity contribution in [3.63, 3.8) is 0 Å². The number of benzene rings is 1. The Kier molecular flexibility index (Phi) is 6.11. The monoisotopic (exact) mass is 616 g/mol. The molecule has 3 amide bonds. The summed E-state index contributed by atoms with van der Waals surface area (Å²) in [5, 5.41) is 17.9. The predicted octanol–water partition coefficient (Wildman–Crippen LogP) is 3.08. The van der Waals surface area contributed by atoms with Gasteiger partial charge in [0, 0.05) is 59.0 Å². The lowest BCUT2D eigenvalue weighted by molar-refractivity contribution is -0.135. The highest BCUT2D eigenvalue weighted by Gasteiger charge is 2.76. The Balaban J connectivity index is 0.945. The predicted molar refractivity (Wildman–Crippen MR) is 167 cm³/mol. The number of pyridine rings is 2. The van der Waals surface area contributed by atoms with Crippen LogP contribution in [0.3, 0.4) is 0 Å². The van der Waals surface area contributed by atoms with Gasteiger partial charge in [0.15, 0.2) is 0 Å². The maximum absolute atomic E-state index is 14.1. The van der Waals surface area contributed by atoms with Gasteiger partial charge in [-0.3, -0.25) is 24.4 Å². The molecule has 1 aliphatic carbocycles. The molecular formula is C33H32N10O3. The summed E-state index contributed by atoms with van der Waals surface area (Å²) in [6.07, 6.45) is 4.17. The molecule has 0 bridgehead atoms. The first-order valence-corrected chi connectivity index (χ1v) is 15.3. The van der Waals surface area contributed by atoms with Crippen molar-refractivity contribution >= 4 is 28.6 Å². The quantitative estimate of drug-likeness (QED) is 0.262. The van der Waals surface area contributed by atoms with E-state index in [4.69, 9.17) is 0 Å². The number of amides is 3. The molecule has 0 radical (unpaired) electrons. The van der Waals surface area contributed by atoms with E-state index in [0.29, 0.717) is 36.0 Å². The summed E-state index contributed by atoms with van der Waals surface area (Å²) in [6.45, 7) is 6.90. The van der Waals surface area contributed by atoms with Crippen LogP contribution in [0.25, 0.3) is 33.5 Å². The smallest absolute Gasteiger partial charge is 0.272 e. The number of fused-ring (bicyclic) bond motifs is 1. The van der Waals surface area contributed by atoms with E-state index in [2.05, 4.69) is 40.9 Å². The number of para-hydroxylation sites is 1. The van der Waals surface area contributed by atoms with Crippen LogP contribution in [0.1, 0.15) is 48.2 Å². The van der Waals surface area contributed by atoms with Crippen molar-refractivity contribution in [2.24, 2.45) is 10.8 Å². The molecule has 1 spiro atoms. The Bertz CT molecular complexity index is 1950. The van der Waals surface area contributed by atoms with Crippen LogP contribution in [0, 0.1) is 10.8 Å². The van der Waals surface area contributed by atoms with Crippen LogP contribution in [0.2, 0.25) is 0 Å². The number of carbonyl (C=O) groups is 3. The van der Waals surface area contributed by atoms with Gasteiger partial charge in [0.2, 0.25) is 11.7 Å². The first kappa shape index (κ1) is 28.0. The topological polar surface area (TPSA) is 166 Å². The Morgan fingerprint density at radius 2 is 1.78 bits per heavy atom. The molecule has 3 N–H and O–H groups in total. The third-order valence-electron chi connectivity index (χ3n) is 9.68. The molecule has 6 heterocycles. The second-order valence-corrected chi connectivity index (χ2v) is 13.5. The van der Waals surface area contributed by atoms with Gasteiger partial charge in [-0.15, -0.1) is 10.2 Å². The molecular weight excluding hydrogens is 584 g/mol. The molecule has 232 valence electrons. The van der Waals surface area contributed by atoms with Crippen LogP contribution < -0.4 is 5.32 Å². The van der Waals surface area contributed by atoms with E-state index >= 15 is 0 Å². The molecule has 1 unspecified atom stereocenters. The van der Waals surface area contributed by atoms with Crippen LogP contribution in [0.5, 0.6) is 0 Å². The van der Waals surface area contributed by atoms with E-state index in [1.165, 1.54) is 0 Å². The fraction of sp³-hybridized carbons (Fsp3) is 0.333. The normalized spacial score (nSPS) is 22.2. The van der Waals surface area contributed by atoms with Crippen LogP contribution in [0.15, 0.2) is 67.0 Å². The summed E-state index contributed by atoms with van der Waals surface area (Å²) in [4.78, 5) is 56.8. The standard InChI is InChI=1S/C33H32N10O3/c1-32(2,3)27(37-29(44)24-12-18-6-4-5-7-22(18)36-24)31(46)42-16-26-33(13-25(33)42)17-43(26)30(45)23-11-8-19(14-35-23)21-10-9-20(15-34-21)28-38-40-41-39-28/h4-12,14-15,25-27,36H,13,16-17H2,1-3H3,(H,37,44)(H,38,39,40,41)/t25-,26+,27+,33?/m0/s1. The van der Waals surface area contributed by atoms with Crippen molar-refractivity contribution in [1.29, 1.82) is 0 Å². The minimum Gasteiger partial charge on any atom is -0.351 e. The van der Waals surface area contributed by atoms with E-state index in [-0.39, 0.29) is 35.2 Å². The number of rotatable bonds is 6. The summed E-state index contributed by atoms with van der Waals surface area (Å²) in [5.74, 6) is -0.121. The summed E-state index contributed by atoms with van der Waals surface area (Å²) < 4.78 is 0. The lowest BCUT2D eigenvalue weighted by Crippen LogP contribution is -2.61. The molecule has 2 saturated heterocycles. The second kappa shape index (κ2) is 10.0. The number of hydrogen-bond acceptors (Lipinski definition) is 8. The maximum Gasteiger partial charge on any atom is 0.272 e. The third kappa shape index (κ3) is 4.44. The van der Waals surface area contributed by atoms with Gasteiger partial charge in [-0.1, -0.05) is 39.0 Å². The average molecular weight is 617 g/mol. The van der Waals surface area contributed by atoms with Gasteiger partial charge in [0.1, 0.15) is 17.4 Å². The molecule has 2 aliphatic heterocycles. The van der Waals surface area contributed by atoms with E-state index in [1.807, 2.05) is 73.0 Å². The molecule has 3 fully saturated rings. The lowest BCUT2D eigenvalue weighted by Gasteiger charge is -2.46. The number of aromatic amines is 2. The Morgan fingerprint density at radius 1 is 0.978 bits per heavy atom. The lowest BCUT2D eigenvalue weighted by atomic mass is 9.85. The van der Waals surface area contributed by atoms with Crippen LogP contribution in [-0.2, 0) is 4.79 Å². The molecule has 13 heteroatoms. The van der Waals surface area contributed by atoms with Crippen molar-refractivity contribution in [2.45, 2.75) is 45.3 Å². The highest BCUT2D eigenvalue weighted by Crippen LogP contribution is 2.65. The fourth-order valence-corrected chi connectivity index (χ4v) is 7.05. The van der Waals surface area contributed by atoms with Gasteiger partial charge in [-0.25, -0.2) is 0 Å². The largest absolute Gasteiger partial charge is 0.351 e. The minimum absolute atomic E-state index is 0.0696. The van der Waals surface area contributed by atoms with Crippen molar-refractivity contribution in [2.75, 3.05) is 13.1 Å². The van der Waals surface area contributed by atoms with Crippen molar-refractivity contribution in [3.05, 3.63) is 78.4 Å². The summed E-state index contributed by atoms with van der Waals surface area (Å²) in [7, 11) is 0. The number of aromatic nitrogens is 7. The van der Waals surface area contributed by atoms with E-state index in [0.717, 1.165) is 28.5 Å². The summed E-state index contributed by atoms with van der Waals surface area (Å²) in [6, 6.07) is 16.0. The Labute approximate surface area is 263 Å².